The Morgan fingerprint density at radius 1 is 1.14 bits per heavy atom. The van der Waals surface area contributed by atoms with Crippen molar-refractivity contribution in [1.29, 1.82) is 0 Å². The summed E-state index contributed by atoms with van der Waals surface area (Å²) in [5.41, 5.74) is -0.202. The molecular formula is C11H23NO2. The number of rotatable bonds is 4. The minimum absolute atomic E-state index is 0.168. The normalized spacial score (nSPS) is 12.7. The Labute approximate surface area is 87.2 Å². The summed E-state index contributed by atoms with van der Waals surface area (Å²) in [5, 5.41) is 3.28. The van der Waals surface area contributed by atoms with E-state index in [4.69, 9.17) is 4.74 Å². The maximum atomic E-state index is 11.3. The molecule has 0 atom stereocenters. The smallest absolute Gasteiger partial charge is 0.312 e. The van der Waals surface area contributed by atoms with Crippen molar-refractivity contribution in [3.63, 3.8) is 0 Å². The van der Waals surface area contributed by atoms with Gasteiger partial charge in [-0.15, -0.1) is 0 Å². The lowest BCUT2D eigenvalue weighted by molar-refractivity contribution is -0.150. The fraction of sp³-hybridized carbons (Fsp3) is 0.909. The Morgan fingerprint density at radius 2 is 1.64 bits per heavy atom. The van der Waals surface area contributed by atoms with Crippen LogP contribution in [0.2, 0.25) is 0 Å². The summed E-state index contributed by atoms with van der Waals surface area (Å²) in [4.78, 5) is 11.3. The summed E-state index contributed by atoms with van der Waals surface area (Å²) < 4.78 is 4.72. The predicted molar refractivity (Wildman–Crippen MR) is 58.1 cm³/mol. The highest BCUT2D eigenvalue weighted by molar-refractivity contribution is 5.76. The number of carbonyl (C=O) groups excluding carboxylic acids is 1. The van der Waals surface area contributed by atoms with Gasteiger partial charge in [0.2, 0.25) is 0 Å². The van der Waals surface area contributed by atoms with Crippen molar-refractivity contribution in [2.45, 2.75) is 34.6 Å². The van der Waals surface area contributed by atoms with Crippen LogP contribution in [0, 0.1) is 10.8 Å². The van der Waals surface area contributed by atoms with Gasteiger partial charge in [0.05, 0.1) is 12.5 Å². The molecule has 0 heterocycles. The maximum absolute atomic E-state index is 11.3. The van der Waals surface area contributed by atoms with Gasteiger partial charge < -0.3 is 10.1 Å². The lowest BCUT2D eigenvalue weighted by Gasteiger charge is -2.25. The molecule has 0 aromatic heterocycles. The highest BCUT2D eigenvalue weighted by atomic mass is 16.5. The first kappa shape index (κ1) is 13.4. The van der Waals surface area contributed by atoms with Crippen LogP contribution in [-0.4, -0.2) is 26.2 Å². The molecule has 0 spiro atoms. The average Bonchev–Trinajstić information content (AvgIpc) is 2.00. The number of nitrogens with one attached hydrogen (secondary N) is 1. The van der Waals surface area contributed by atoms with E-state index in [1.807, 2.05) is 13.8 Å². The van der Waals surface area contributed by atoms with Crippen molar-refractivity contribution in [3.8, 4) is 0 Å². The maximum Gasteiger partial charge on any atom is 0.312 e. The van der Waals surface area contributed by atoms with E-state index in [1.165, 1.54) is 7.11 Å². The zero-order valence-corrected chi connectivity index (χ0v) is 10.2. The van der Waals surface area contributed by atoms with Crippen LogP contribution in [0.3, 0.4) is 0 Å². The van der Waals surface area contributed by atoms with Gasteiger partial charge in [0.1, 0.15) is 0 Å². The van der Waals surface area contributed by atoms with Gasteiger partial charge >= 0.3 is 5.97 Å². The van der Waals surface area contributed by atoms with Crippen LogP contribution >= 0.6 is 0 Å². The van der Waals surface area contributed by atoms with Crippen molar-refractivity contribution in [2.24, 2.45) is 10.8 Å². The molecule has 0 aliphatic heterocycles. The SMILES string of the molecule is COC(=O)C(C)(C)CNCC(C)(C)C. The molecule has 0 radical (unpaired) electrons. The number of hydrogen-bond acceptors (Lipinski definition) is 3. The van der Waals surface area contributed by atoms with Gasteiger partial charge in [-0.25, -0.2) is 0 Å². The lowest BCUT2D eigenvalue weighted by Crippen LogP contribution is -2.39. The van der Waals surface area contributed by atoms with Crippen LogP contribution in [0.4, 0.5) is 0 Å². The number of esters is 1. The molecule has 0 aromatic rings. The quantitative estimate of drug-likeness (QED) is 0.705. The van der Waals surface area contributed by atoms with E-state index in [9.17, 15) is 4.79 Å². The van der Waals surface area contributed by atoms with E-state index < -0.39 is 5.41 Å². The minimum Gasteiger partial charge on any atom is -0.469 e. The molecule has 0 fully saturated rings. The predicted octanol–water partition coefficient (Wildman–Crippen LogP) is 1.82. The van der Waals surface area contributed by atoms with Gasteiger partial charge in [0.15, 0.2) is 0 Å². The summed E-state index contributed by atoms with van der Waals surface area (Å²) in [6.07, 6.45) is 0. The molecule has 0 amide bonds. The minimum atomic E-state index is -0.444. The Balaban J connectivity index is 3.94. The fourth-order valence-corrected chi connectivity index (χ4v) is 1.10. The number of carbonyl (C=O) groups is 1. The molecular weight excluding hydrogens is 178 g/mol. The summed E-state index contributed by atoms with van der Waals surface area (Å²) in [6.45, 7) is 11.8. The molecule has 0 aliphatic rings. The zero-order valence-electron chi connectivity index (χ0n) is 10.2. The van der Waals surface area contributed by atoms with Crippen molar-refractivity contribution in [3.05, 3.63) is 0 Å². The molecule has 0 bridgehead atoms. The fourth-order valence-electron chi connectivity index (χ4n) is 1.10. The number of methoxy groups -OCH3 is 1. The molecule has 0 unspecified atom stereocenters. The third kappa shape index (κ3) is 5.22. The first-order chi connectivity index (χ1) is 6.19. The molecule has 3 nitrogen and oxygen atoms in total. The molecule has 84 valence electrons. The van der Waals surface area contributed by atoms with Gasteiger partial charge in [-0.3, -0.25) is 4.79 Å². The van der Waals surface area contributed by atoms with Crippen LogP contribution in [0.5, 0.6) is 0 Å². The third-order valence-corrected chi connectivity index (χ3v) is 1.96. The molecule has 14 heavy (non-hydrogen) atoms. The van der Waals surface area contributed by atoms with Crippen LogP contribution in [0.15, 0.2) is 0 Å². The van der Waals surface area contributed by atoms with E-state index in [0.29, 0.717) is 6.54 Å². The number of hydrogen-bond donors (Lipinski definition) is 1. The van der Waals surface area contributed by atoms with Crippen molar-refractivity contribution < 1.29 is 9.53 Å². The molecule has 0 saturated carbocycles. The van der Waals surface area contributed by atoms with E-state index >= 15 is 0 Å². The second kappa shape index (κ2) is 4.78. The van der Waals surface area contributed by atoms with E-state index in [-0.39, 0.29) is 11.4 Å². The van der Waals surface area contributed by atoms with Crippen LogP contribution < -0.4 is 5.32 Å². The topological polar surface area (TPSA) is 38.3 Å². The van der Waals surface area contributed by atoms with Crippen molar-refractivity contribution in [2.75, 3.05) is 20.2 Å². The van der Waals surface area contributed by atoms with E-state index in [1.54, 1.807) is 0 Å². The molecule has 0 saturated heterocycles. The molecule has 1 N–H and O–H groups in total. The monoisotopic (exact) mass is 201 g/mol. The number of ether oxygens (including phenoxy) is 1. The second-order valence-electron chi connectivity index (χ2n) is 5.54. The first-order valence-corrected chi connectivity index (χ1v) is 4.98. The van der Waals surface area contributed by atoms with Gasteiger partial charge in [-0.05, 0) is 19.3 Å². The Morgan fingerprint density at radius 3 is 2.00 bits per heavy atom. The van der Waals surface area contributed by atoms with Crippen LogP contribution in [0.1, 0.15) is 34.6 Å². The van der Waals surface area contributed by atoms with Gasteiger partial charge in [-0.2, -0.15) is 0 Å². The Hall–Kier alpha value is -0.570. The highest BCUT2D eigenvalue weighted by Crippen LogP contribution is 2.17. The third-order valence-electron chi connectivity index (χ3n) is 1.96. The molecule has 3 heteroatoms. The first-order valence-electron chi connectivity index (χ1n) is 4.98. The lowest BCUT2D eigenvalue weighted by atomic mass is 9.92. The zero-order chi connectivity index (χ0) is 11.4. The van der Waals surface area contributed by atoms with Gasteiger partial charge in [0.25, 0.3) is 0 Å². The summed E-state index contributed by atoms with van der Waals surface area (Å²) in [6, 6.07) is 0. The van der Waals surface area contributed by atoms with Gasteiger partial charge in [-0.1, -0.05) is 20.8 Å². The highest BCUT2D eigenvalue weighted by Gasteiger charge is 2.28. The van der Waals surface area contributed by atoms with Crippen molar-refractivity contribution >= 4 is 5.97 Å². The standard InChI is InChI=1S/C11H23NO2/c1-10(2,3)7-12-8-11(4,5)9(13)14-6/h12H,7-8H2,1-6H3. The summed E-state index contributed by atoms with van der Waals surface area (Å²) in [5.74, 6) is -0.168. The summed E-state index contributed by atoms with van der Waals surface area (Å²) >= 11 is 0. The van der Waals surface area contributed by atoms with Gasteiger partial charge in [0, 0.05) is 13.1 Å². The Kier molecular flexibility index (Phi) is 4.59. The molecule has 0 aromatic carbocycles. The molecule has 0 aliphatic carbocycles. The second-order valence-corrected chi connectivity index (χ2v) is 5.54. The van der Waals surface area contributed by atoms with E-state index in [2.05, 4.69) is 26.1 Å². The van der Waals surface area contributed by atoms with Crippen molar-refractivity contribution in [1.82, 2.24) is 5.32 Å². The van der Waals surface area contributed by atoms with E-state index in [0.717, 1.165) is 6.54 Å². The largest absolute Gasteiger partial charge is 0.469 e. The van der Waals surface area contributed by atoms with Crippen LogP contribution in [0.25, 0.3) is 0 Å². The average molecular weight is 201 g/mol. The Bertz CT molecular complexity index is 192. The molecule has 0 rings (SSSR count). The van der Waals surface area contributed by atoms with Crippen LogP contribution in [-0.2, 0) is 9.53 Å². The summed E-state index contributed by atoms with van der Waals surface area (Å²) in [7, 11) is 1.42.